The van der Waals surface area contributed by atoms with Crippen LogP contribution in [0.5, 0.6) is 0 Å². The van der Waals surface area contributed by atoms with Crippen molar-refractivity contribution in [3.63, 3.8) is 0 Å². The molecule has 92 valence electrons. The molecule has 1 aromatic heterocycles. The summed E-state index contributed by atoms with van der Waals surface area (Å²) in [6, 6.07) is 9.11. The van der Waals surface area contributed by atoms with E-state index in [2.05, 4.69) is 10.3 Å². The van der Waals surface area contributed by atoms with Crippen molar-refractivity contribution in [2.45, 2.75) is 6.54 Å². The molecule has 0 bridgehead atoms. The molecule has 5 heteroatoms. The number of H-pyrrole nitrogens is 1. The summed E-state index contributed by atoms with van der Waals surface area (Å²) >= 11 is 0. The van der Waals surface area contributed by atoms with Crippen molar-refractivity contribution in [1.82, 2.24) is 10.3 Å². The van der Waals surface area contributed by atoms with Crippen LogP contribution in [0.2, 0.25) is 0 Å². The number of halogens is 1. The molecule has 0 aliphatic carbocycles. The number of hydrogen-bond acceptors (Lipinski definition) is 2. The Hall–Kier alpha value is -2.43. The van der Waals surface area contributed by atoms with E-state index in [4.69, 9.17) is 0 Å². The molecule has 2 rings (SSSR count). The summed E-state index contributed by atoms with van der Waals surface area (Å²) in [5.74, 6) is -0.917. The highest BCUT2D eigenvalue weighted by Crippen LogP contribution is 2.05. The predicted octanol–water partition coefficient (Wildman–Crippen LogP) is 1.44. The van der Waals surface area contributed by atoms with Gasteiger partial charge in [-0.25, -0.2) is 4.39 Å². The number of aromatic amines is 1. The SMILES string of the molecule is O=C(NCc1ccccc1F)c1ccc[nH]c1=O. The smallest absolute Gasteiger partial charge is 0.260 e. The molecule has 1 aromatic carbocycles. The molecule has 2 N–H and O–H groups in total. The molecule has 0 saturated carbocycles. The van der Waals surface area contributed by atoms with Gasteiger partial charge >= 0.3 is 0 Å². The van der Waals surface area contributed by atoms with E-state index in [0.717, 1.165) is 0 Å². The van der Waals surface area contributed by atoms with Crippen LogP contribution in [-0.2, 0) is 6.54 Å². The first-order valence-electron chi connectivity index (χ1n) is 5.38. The number of aromatic nitrogens is 1. The second kappa shape index (κ2) is 5.27. The Morgan fingerprint density at radius 3 is 2.72 bits per heavy atom. The summed E-state index contributed by atoms with van der Waals surface area (Å²) in [6.45, 7) is 0.0415. The zero-order chi connectivity index (χ0) is 13.0. The van der Waals surface area contributed by atoms with Gasteiger partial charge in [0.25, 0.3) is 11.5 Å². The molecular weight excluding hydrogens is 235 g/mol. The zero-order valence-electron chi connectivity index (χ0n) is 9.44. The lowest BCUT2D eigenvalue weighted by molar-refractivity contribution is 0.0949. The van der Waals surface area contributed by atoms with E-state index in [9.17, 15) is 14.0 Å². The van der Waals surface area contributed by atoms with Crippen molar-refractivity contribution in [2.24, 2.45) is 0 Å². The van der Waals surface area contributed by atoms with E-state index in [0.29, 0.717) is 5.56 Å². The van der Waals surface area contributed by atoms with Crippen LogP contribution in [0, 0.1) is 5.82 Å². The number of pyridine rings is 1. The molecular formula is C13H11FN2O2. The van der Waals surface area contributed by atoms with Crippen molar-refractivity contribution in [2.75, 3.05) is 0 Å². The molecule has 0 aliphatic rings. The van der Waals surface area contributed by atoms with Gasteiger partial charge in [-0.15, -0.1) is 0 Å². The van der Waals surface area contributed by atoms with Gasteiger partial charge in [0.15, 0.2) is 0 Å². The van der Waals surface area contributed by atoms with Crippen LogP contribution in [0.15, 0.2) is 47.4 Å². The largest absolute Gasteiger partial charge is 0.348 e. The Labute approximate surface area is 102 Å². The van der Waals surface area contributed by atoms with Crippen LogP contribution in [0.4, 0.5) is 4.39 Å². The van der Waals surface area contributed by atoms with Crippen molar-refractivity contribution in [1.29, 1.82) is 0 Å². The minimum Gasteiger partial charge on any atom is -0.348 e. The number of rotatable bonds is 3. The normalized spacial score (nSPS) is 10.1. The van der Waals surface area contributed by atoms with Crippen LogP contribution >= 0.6 is 0 Å². The lowest BCUT2D eigenvalue weighted by Crippen LogP contribution is -2.29. The van der Waals surface area contributed by atoms with E-state index in [1.54, 1.807) is 24.3 Å². The van der Waals surface area contributed by atoms with Gasteiger partial charge in [0.05, 0.1) is 0 Å². The number of carbonyl (C=O) groups is 1. The number of hydrogen-bond donors (Lipinski definition) is 2. The molecule has 0 saturated heterocycles. The molecule has 0 aliphatic heterocycles. The Balaban J connectivity index is 2.08. The van der Waals surface area contributed by atoms with E-state index in [1.807, 2.05) is 0 Å². The zero-order valence-corrected chi connectivity index (χ0v) is 9.44. The van der Waals surface area contributed by atoms with Gasteiger partial charge in [-0.2, -0.15) is 0 Å². The average Bonchev–Trinajstić information content (AvgIpc) is 2.38. The number of nitrogens with one attached hydrogen (secondary N) is 2. The molecule has 18 heavy (non-hydrogen) atoms. The van der Waals surface area contributed by atoms with Crippen LogP contribution in [0.1, 0.15) is 15.9 Å². The molecule has 1 amide bonds. The summed E-state index contributed by atoms with van der Waals surface area (Å²) in [5.41, 5.74) is -0.0874. The average molecular weight is 246 g/mol. The van der Waals surface area contributed by atoms with Gasteiger partial charge in [0.1, 0.15) is 11.4 Å². The monoisotopic (exact) mass is 246 g/mol. The Morgan fingerprint density at radius 2 is 2.00 bits per heavy atom. The fourth-order valence-electron chi connectivity index (χ4n) is 1.51. The Kier molecular flexibility index (Phi) is 3.52. The fourth-order valence-corrected chi connectivity index (χ4v) is 1.51. The molecule has 0 spiro atoms. The van der Waals surface area contributed by atoms with Crippen LogP contribution < -0.4 is 10.9 Å². The third-order valence-electron chi connectivity index (χ3n) is 2.46. The molecule has 2 aromatic rings. The van der Waals surface area contributed by atoms with Crippen LogP contribution in [0.25, 0.3) is 0 Å². The summed E-state index contributed by atoms with van der Waals surface area (Å²) < 4.78 is 13.3. The second-order valence-corrected chi connectivity index (χ2v) is 3.69. The predicted molar refractivity (Wildman–Crippen MR) is 64.6 cm³/mol. The molecule has 0 unspecified atom stereocenters. The Morgan fingerprint density at radius 1 is 1.22 bits per heavy atom. The highest BCUT2D eigenvalue weighted by molar-refractivity contribution is 5.93. The minimum atomic E-state index is -0.528. The minimum absolute atomic E-state index is 0.00818. The standard InChI is InChI=1S/C13H11FN2O2/c14-11-6-2-1-4-9(11)8-16-13(18)10-5-3-7-15-12(10)17/h1-7H,8H2,(H,15,17)(H,16,18). The van der Waals surface area contributed by atoms with Crippen molar-refractivity contribution in [3.05, 3.63) is 69.9 Å². The summed E-state index contributed by atoms with van der Waals surface area (Å²) in [7, 11) is 0. The third kappa shape index (κ3) is 2.63. The Bertz CT molecular complexity index is 622. The third-order valence-corrected chi connectivity index (χ3v) is 2.46. The van der Waals surface area contributed by atoms with Crippen molar-refractivity contribution >= 4 is 5.91 Å². The van der Waals surface area contributed by atoms with E-state index < -0.39 is 11.5 Å². The number of benzene rings is 1. The van der Waals surface area contributed by atoms with Gasteiger partial charge in [-0.3, -0.25) is 9.59 Å². The first-order chi connectivity index (χ1) is 8.68. The van der Waals surface area contributed by atoms with Crippen molar-refractivity contribution in [3.8, 4) is 0 Å². The summed E-state index contributed by atoms with van der Waals surface area (Å²) in [5, 5.41) is 2.50. The van der Waals surface area contributed by atoms with E-state index >= 15 is 0 Å². The quantitative estimate of drug-likeness (QED) is 0.860. The highest BCUT2D eigenvalue weighted by atomic mass is 19.1. The fraction of sp³-hybridized carbons (Fsp3) is 0.0769. The molecule has 0 radical (unpaired) electrons. The van der Waals surface area contributed by atoms with Crippen molar-refractivity contribution < 1.29 is 9.18 Å². The van der Waals surface area contributed by atoms with Gasteiger partial charge in [-0.1, -0.05) is 18.2 Å². The first kappa shape index (κ1) is 12.0. The lowest BCUT2D eigenvalue weighted by Gasteiger charge is -2.05. The summed E-state index contributed by atoms with van der Waals surface area (Å²) in [6.07, 6.45) is 1.44. The summed E-state index contributed by atoms with van der Waals surface area (Å²) in [4.78, 5) is 25.4. The molecule has 1 heterocycles. The van der Waals surface area contributed by atoms with Gasteiger partial charge in [-0.05, 0) is 18.2 Å². The van der Waals surface area contributed by atoms with Crippen LogP contribution in [0.3, 0.4) is 0 Å². The van der Waals surface area contributed by atoms with Gasteiger partial charge in [0, 0.05) is 18.3 Å². The van der Waals surface area contributed by atoms with Crippen LogP contribution in [-0.4, -0.2) is 10.9 Å². The number of carbonyl (C=O) groups excluding carboxylic acids is 1. The van der Waals surface area contributed by atoms with Gasteiger partial charge in [0.2, 0.25) is 0 Å². The first-order valence-corrected chi connectivity index (χ1v) is 5.38. The van der Waals surface area contributed by atoms with E-state index in [-0.39, 0.29) is 17.9 Å². The molecule has 0 fully saturated rings. The topological polar surface area (TPSA) is 62.0 Å². The lowest BCUT2D eigenvalue weighted by atomic mass is 10.2. The molecule has 0 atom stereocenters. The maximum Gasteiger partial charge on any atom is 0.260 e. The molecule has 4 nitrogen and oxygen atoms in total. The maximum absolute atomic E-state index is 13.3. The van der Waals surface area contributed by atoms with Gasteiger partial charge < -0.3 is 10.3 Å². The number of amides is 1. The maximum atomic E-state index is 13.3. The van der Waals surface area contributed by atoms with E-state index in [1.165, 1.54) is 18.3 Å². The highest BCUT2D eigenvalue weighted by Gasteiger charge is 2.09. The second-order valence-electron chi connectivity index (χ2n) is 3.69.